The second-order valence-corrected chi connectivity index (χ2v) is 9.99. The number of ether oxygens (including phenoxy) is 10. The maximum absolute atomic E-state index is 11.8. The first-order valence-corrected chi connectivity index (χ1v) is 15.3. The highest BCUT2D eigenvalue weighted by atomic mass is 16.6. The Hall–Kier alpha value is -2.31. The Morgan fingerprint density at radius 1 is 0.556 bits per heavy atom. The van der Waals surface area contributed by atoms with Crippen LogP contribution in [-0.4, -0.2) is 156 Å². The van der Waals surface area contributed by atoms with Gasteiger partial charge in [-0.1, -0.05) is 5.11 Å². The van der Waals surface area contributed by atoms with Crippen LogP contribution in [0.4, 0.5) is 4.79 Å². The van der Waals surface area contributed by atoms with Crippen LogP contribution in [0.3, 0.4) is 0 Å². The molecule has 0 bridgehead atoms. The number of nitrogens with one attached hydrogen (secondary N) is 2. The molecule has 0 aliphatic rings. The summed E-state index contributed by atoms with van der Waals surface area (Å²) in [6.07, 6.45) is -0.289. The van der Waals surface area contributed by atoms with E-state index in [4.69, 9.17) is 52.9 Å². The number of carbonyl (C=O) groups excluding carboxylic acids is 2. The average Bonchev–Trinajstić information content (AvgIpc) is 2.99. The molecule has 264 valence electrons. The zero-order chi connectivity index (χ0) is 33.1. The zero-order valence-corrected chi connectivity index (χ0v) is 27.3. The molecule has 0 saturated carbocycles. The molecule has 2 amide bonds. The molecule has 0 aliphatic heterocycles. The quantitative estimate of drug-likeness (QED) is 0.0448. The lowest BCUT2D eigenvalue weighted by molar-refractivity contribution is -0.122. The second-order valence-electron chi connectivity index (χ2n) is 9.99. The predicted octanol–water partition coefficient (Wildman–Crippen LogP) is 1.48. The van der Waals surface area contributed by atoms with Crippen molar-refractivity contribution in [1.29, 1.82) is 0 Å². The molecule has 0 radical (unpaired) electrons. The van der Waals surface area contributed by atoms with Gasteiger partial charge in [0.2, 0.25) is 5.91 Å². The number of azide groups is 1. The minimum absolute atomic E-state index is 0.157. The Balaban J connectivity index is 3.18. The summed E-state index contributed by atoms with van der Waals surface area (Å²) in [6.45, 7) is 14.3. The number of hydrogen-bond donors (Lipinski definition) is 2. The van der Waals surface area contributed by atoms with E-state index in [0.717, 1.165) is 0 Å². The molecule has 17 nitrogen and oxygen atoms in total. The molecule has 17 heteroatoms. The van der Waals surface area contributed by atoms with E-state index in [2.05, 4.69) is 20.7 Å². The van der Waals surface area contributed by atoms with Crippen LogP contribution in [0, 0.1) is 0 Å². The predicted molar refractivity (Wildman–Crippen MR) is 163 cm³/mol. The van der Waals surface area contributed by atoms with Gasteiger partial charge in [0.1, 0.15) is 5.60 Å². The van der Waals surface area contributed by atoms with Crippen LogP contribution in [0.25, 0.3) is 10.4 Å². The number of alkyl carbamates (subject to hydrolysis) is 1. The fraction of sp³-hybridized carbons (Fsp3) is 0.929. The molecule has 2 N–H and O–H groups in total. The first-order valence-electron chi connectivity index (χ1n) is 15.3. The largest absolute Gasteiger partial charge is 0.444 e. The van der Waals surface area contributed by atoms with E-state index in [1.807, 2.05) is 0 Å². The van der Waals surface area contributed by atoms with Crippen LogP contribution in [0.5, 0.6) is 0 Å². The SMILES string of the molecule is CC(C)(C)OC(=O)NCCNC(=O)CCOCCOCCOCCOCCOCCOCCOCCOCCOCCN=[N+]=[N-]. The van der Waals surface area contributed by atoms with Crippen molar-refractivity contribution < 1.29 is 57.0 Å². The van der Waals surface area contributed by atoms with Crippen LogP contribution < -0.4 is 10.6 Å². The third-order valence-corrected chi connectivity index (χ3v) is 4.96. The standard InChI is InChI=1S/C28H55N5O12/c1-28(2,3)45-27(35)31-6-5-30-26(34)4-8-36-10-12-38-14-16-40-18-20-42-22-24-44-25-23-43-21-19-41-17-15-39-13-11-37-9-7-32-33-29/h4-25H2,1-3H3,(H,30,34)(H,31,35). The highest BCUT2D eigenvalue weighted by molar-refractivity contribution is 5.76. The van der Waals surface area contributed by atoms with Gasteiger partial charge in [-0.05, 0) is 26.3 Å². The summed E-state index contributed by atoms with van der Waals surface area (Å²) in [7, 11) is 0. The van der Waals surface area contributed by atoms with Gasteiger partial charge in [-0.3, -0.25) is 4.79 Å². The maximum atomic E-state index is 11.8. The van der Waals surface area contributed by atoms with Gasteiger partial charge in [0.25, 0.3) is 0 Å². The first kappa shape index (κ1) is 42.7. The molecule has 0 aliphatic carbocycles. The van der Waals surface area contributed by atoms with E-state index in [1.54, 1.807) is 20.8 Å². The normalized spacial score (nSPS) is 11.3. The lowest BCUT2D eigenvalue weighted by Gasteiger charge is -2.19. The minimum Gasteiger partial charge on any atom is -0.444 e. The molecule has 0 atom stereocenters. The Morgan fingerprint density at radius 3 is 1.24 bits per heavy atom. The molecule has 0 heterocycles. The first-order chi connectivity index (χ1) is 21.8. The average molecular weight is 654 g/mol. The van der Waals surface area contributed by atoms with Crippen molar-refractivity contribution >= 4 is 12.0 Å². The van der Waals surface area contributed by atoms with Gasteiger partial charge in [0.15, 0.2) is 0 Å². The van der Waals surface area contributed by atoms with Crippen LogP contribution in [0.1, 0.15) is 27.2 Å². The van der Waals surface area contributed by atoms with Crippen LogP contribution in [0.2, 0.25) is 0 Å². The van der Waals surface area contributed by atoms with Crippen molar-refractivity contribution in [3.05, 3.63) is 10.4 Å². The molecule has 0 spiro atoms. The molecule has 45 heavy (non-hydrogen) atoms. The molecular weight excluding hydrogens is 598 g/mol. The molecular formula is C28H55N5O12. The molecule has 0 unspecified atom stereocenters. The van der Waals surface area contributed by atoms with E-state index in [1.165, 1.54) is 0 Å². The number of hydrogen-bond acceptors (Lipinski definition) is 13. The Kier molecular flexibility index (Phi) is 31.4. The summed E-state index contributed by atoms with van der Waals surface area (Å²) >= 11 is 0. The minimum atomic E-state index is -0.558. The molecule has 0 aromatic rings. The monoisotopic (exact) mass is 653 g/mol. The van der Waals surface area contributed by atoms with Crippen molar-refractivity contribution in [1.82, 2.24) is 10.6 Å². The van der Waals surface area contributed by atoms with E-state index < -0.39 is 11.7 Å². The molecule has 0 rings (SSSR count). The van der Waals surface area contributed by atoms with Crippen LogP contribution >= 0.6 is 0 Å². The molecule has 0 aromatic carbocycles. The summed E-state index contributed by atoms with van der Waals surface area (Å²) in [5.41, 5.74) is 7.57. The Morgan fingerprint density at radius 2 is 0.889 bits per heavy atom. The lowest BCUT2D eigenvalue weighted by atomic mass is 10.2. The van der Waals surface area contributed by atoms with Crippen molar-refractivity contribution in [2.45, 2.75) is 32.8 Å². The fourth-order valence-corrected chi connectivity index (χ4v) is 2.95. The molecule has 0 aromatic heterocycles. The number of amides is 2. The fourth-order valence-electron chi connectivity index (χ4n) is 2.95. The highest BCUT2D eigenvalue weighted by Gasteiger charge is 2.15. The highest BCUT2D eigenvalue weighted by Crippen LogP contribution is 2.06. The summed E-state index contributed by atoms with van der Waals surface area (Å²) < 4.78 is 53.6. The lowest BCUT2D eigenvalue weighted by Crippen LogP contribution is -2.38. The van der Waals surface area contributed by atoms with E-state index >= 15 is 0 Å². The van der Waals surface area contributed by atoms with Crippen LogP contribution in [0.15, 0.2) is 5.11 Å². The smallest absolute Gasteiger partial charge is 0.407 e. The molecule has 0 fully saturated rings. The van der Waals surface area contributed by atoms with E-state index in [0.29, 0.717) is 125 Å². The summed E-state index contributed by atoms with van der Waals surface area (Å²) in [4.78, 5) is 25.9. The zero-order valence-electron chi connectivity index (χ0n) is 27.3. The van der Waals surface area contributed by atoms with Crippen molar-refractivity contribution in [2.75, 3.05) is 139 Å². The number of rotatable bonds is 33. The maximum Gasteiger partial charge on any atom is 0.407 e. The summed E-state index contributed by atoms with van der Waals surface area (Å²) in [5, 5.41) is 8.64. The second kappa shape index (κ2) is 33.1. The number of nitrogens with zero attached hydrogens (tertiary/aromatic N) is 3. The third kappa shape index (κ3) is 37.8. The van der Waals surface area contributed by atoms with Gasteiger partial charge in [-0.2, -0.15) is 0 Å². The third-order valence-electron chi connectivity index (χ3n) is 4.96. The van der Waals surface area contributed by atoms with Gasteiger partial charge < -0.3 is 58.0 Å². The van der Waals surface area contributed by atoms with E-state index in [-0.39, 0.29) is 25.5 Å². The van der Waals surface area contributed by atoms with Crippen molar-refractivity contribution in [2.24, 2.45) is 5.11 Å². The van der Waals surface area contributed by atoms with Gasteiger partial charge in [0.05, 0.1) is 119 Å². The summed E-state index contributed by atoms with van der Waals surface area (Å²) in [5.74, 6) is -0.157. The summed E-state index contributed by atoms with van der Waals surface area (Å²) in [6, 6.07) is 0. The Labute approximate surface area is 266 Å². The van der Waals surface area contributed by atoms with Crippen LogP contribution in [-0.2, 0) is 52.2 Å². The molecule has 0 saturated heterocycles. The topological polar surface area (TPSA) is 199 Å². The van der Waals surface area contributed by atoms with Crippen molar-refractivity contribution in [3.63, 3.8) is 0 Å². The van der Waals surface area contributed by atoms with Gasteiger partial charge in [0, 0.05) is 31.0 Å². The number of carbonyl (C=O) groups is 2. The van der Waals surface area contributed by atoms with Gasteiger partial charge >= 0.3 is 6.09 Å². The van der Waals surface area contributed by atoms with E-state index in [9.17, 15) is 9.59 Å². The van der Waals surface area contributed by atoms with Crippen molar-refractivity contribution in [3.8, 4) is 0 Å². The van der Waals surface area contributed by atoms with Gasteiger partial charge in [-0.25, -0.2) is 4.79 Å². The Bertz CT molecular complexity index is 739. The van der Waals surface area contributed by atoms with Gasteiger partial charge in [-0.15, -0.1) is 0 Å².